The molecule has 24 heavy (non-hydrogen) atoms. The molecule has 0 aromatic heterocycles. The average molecular weight is 326 g/mol. The van der Waals surface area contributed by atoms with Gasteiger partial charge in [0, 0.05) is 0 Å². The number of rotatable bonds is 5. The second kappa shape index (κ2) is 7.64. The van der Waals surface area contributed by atoms with Gasteiger partial charge in [-0.15, -0.1) is 0 Å². The zero-order chi connectivity index (χ0) is 17.6. The Kier molecular flexibility index (Phi) is 5.58. The maximum Gasteiger partial charge on any atom is 0.420 e. The predicted molar refractivity (Wildman–Crippen MR) is 94.7 cm³/mol. The van der Waals surface area contributed by atoms with Crippen LogP contribution in [0.25, 0.3) is 0 Å². The van der Waals surface area contributed by atoms with Crippen molar-refractivity contribution in [2.45, 2.75) is 33.0 Å². The van der Waals surface area contributed by atoms with Gasteiger partial charge in [0.25, 0.3) is 0 Å². The zero-order valence-corrected chi connectivity index (χ0v) is 14.2. The first kappa shape index (κ1) is 17.5. The molecule has 1 amide bonds. The number of carbonyl (C=O) groups is 1. The van der Waals surface area contributed by atoms with E-state index in [-0.39, 0.29) is 0 Å². The van der Waals surface area contributed by atoms with E-state index >= 15 is 0 Å². The number of nitrogens with one attached hydrogen (secondary N) is 1. The summed E-state index contributed by atoms with van der Waals surface area (Å²) in [5.74, 6) is 0.691. The number of amides is 1. The molecule has 0 aliphatic carbocycles. The molecule has 0 atom stereocenters. The number of carbonyl (C=O) groups excluding carboxylic acids is 1. The number of hydrogen-bond acceptors (Lipinski definition) is 4. The lowest BCUT2D eigenvalue weighted by Gasteiger charge is -2.24. The van der Waals surface area contributed by atoms with Gasteiger partial charge in [-0.2, -0.15) is 0 Å². The van der Waals surface area contributed by atoms with Gasteiger partial charge in [-0.3, -0.25) is 5.41 Å². The highest BCUT2D eigenvalue weighted by atomic mass is 16.6. The Bertz CT molecular complexity index is 676. The lowest BCUT2D eigenvalue weighted by Crippen LogP contribution is -2.35. The first-order valence-electron chi connectivity index (χ1n) is 7.68. The van der Waals surface area contributed by atoms with Gasteiger partial charge < -0.3 is 9.47 Å². The van der Waals surface area contributed by atoms with Crippen LogP contribution in [-0.4, -0.2) is 18.0 Å². The summed E-state index contributed by atoms with van der Waals surface area (Å²) in [5, 5.41) is 7.45. The Morgan fingerprint density at radius 3 is 2.25 bits per heavy atom. The largest absolute Gasteiger partial charge is 0.489 e. The third kappa shape index (κ3) is 5.12. The quantitative estimate of drug-likeness (QED) is 0.644. The van der Waals surface area contributed by atoms with Gasteiger partial charge >= 0.3 is 6.09 Å². The molecule has 0 bridgehead atoms. The third-order valence-electron chi connectivity index (χ3n) is 3.08. The fourth-order valence-corrected chi connectivity index (χ4v) is 1.99. The molecule has 0 fully saturated rings. The maximum atomic E-state index is 12.1. The SMILES string of the molecule is CC(C)(C)OC(=O)N(C=N)c1ccc(OCc2ccccc2)cc1. The molecule has 2 rings (SSSR count). The van der Waals surface area contributed by atoms with Crippen LogP contribution in [0.1, 0.15) is 26.3 Å². The molecule has 2 aromatic carbocycles. The number of nitrogens with zero attached hydrogens (tertiary/aromatic N) is 1. The molecule has 0 aliphatic heterocycles. The fraction of sp³-hybridized carbons (Fsp3) is 0.263. The summed E-state index contributed by atoms with van der Waals surface area (Å²) >= 11 is 0. The molecule has 2 aromatic rings. The molecule has 5 heteroatoms. The van der Waals surface area contributed by atoms with E-state index in [1.54, 1.807) is 45.0 Å². The number of anilines is 1. The van der Waals surface area contributed by atoms with E-state index in [4.69, 9.17) is 14.9 Å². The fourth-order valence-electron chi connectivity index (χ4n) is 1.99. The molecule has 0 unspecified atom stereocenters. The predicted octanol–water partition coefficient (Wildman–Crippen LogP) is 4.61. The summed E-state index contributed by atoms with van der Waals surface area (Å²) in [7, 11) is 0. The minimum absolute atomic E-state index is 0.473. The van der Waals surface area contributed by atoms with Crippen LogP contribution in [-0.2, 0) is 11.3 Å². The zero-order valence-electron chi connectivity index (χ0n) is 14.2. The maximum absolute atomic E-state index is 12.1. The average Bonchev–Trinajstić information content (AvgIpc) is 2.54. The highest BCUT2D eigenvalue weighted by molar-refractivity contribution is 6.04. The van der Waals surface area contributed by atoms with Crippen molar-refractivity contribution in [1.82, 2.24) is 0 Å². The van der Waals surface area contributed by atoms with Crippen molar-refractivity contribution in [3.63, 3.8) is 0 Å². The summed E-state index contributed by atoms with van der Waals surface area (Å²) in [4.78, 5) is 13.3. The topological polar surface area (TPSA) is 62.6 Å². The normalized spacial score (nSPS) is 10.8. The van der Waals surface area contributed by atoms with Crippen LogP contribution in [0.5, 0.6) is 5.75 Å². The van der Waals surface area contributed by atoms with Crippen LogP contribution in [0, 0.1) is 5.41 Å². The second-order valence-corrected chi connectivity index (χ2v) is 6.25. The van der Waals surface area contributed by atoms with E-state index in [1.165, 1.54) is 0 Å². The third-order valence-corrected chi connectivity index (χ3v) is 3.08. The molecule has 0 saturated carbocycles. The van der Waals surface area contributed by atoms with Gasteiger partial charge in [0.2, 0.25) is 0 Å². The molecule has 5 nitrogen and oxygen atoms in total. The number of benzene rings is 2. The standard InChI is InChI=1S/C19H22N2O3/c1-19(2,3)24-18(22)21(14-20)16-9-11-17(12-10-16)23-13-15-7-5-4-6-8-15/h4-12,14,20H,13H2,1-3H3. The summed E-state index contributed by atoms with van der Waals surface area (Å²) in [6, 6.07) is 16.8. The van der Waals surface area contributed by atoms with Gasteiger partial charge in [0.1, 0.15) is 18.0 Å². The van der Waals surface area contributed by atoms with E-state index in [9.17, 15) is 4.79 Å². The van der Waals surface area contributed by atoms with Crippen LogP contribution < -0.4 is 9.64 Å². The lowest BCUT2D eigenvalue weighted by molar-refractivity contribution is 0.0605. The van der Waals surface area contributed by atoms with Crippen LogP contribution in [0.3, 0.4) is 0 Å². The lowest BCUT2D eigenvalue weighted by atomic mass is 10.2. The summed E-state index contributed by atoms with van der Waals surface area (Å²) in [6.45, 7) is 5.83. The van der Waals surface area contributed by atoms with Crippen molar-refractivity contribution >= 4 is 18.1 Å². The van der Waals surface area contributed by atoms with Crippen LogP contribution >= 0.6 is 0 Å². The molecule has 126 valence electrons. The van der Waals surface area contributed by atoms with E-state index in [1.807, 2.05) is 30.3 Å². The first-order valence-corrected chi connectivity index (χ1v) is 7.68. The highest BCUT2D eigenvalue weighted by Crippen LogP contribution is 2.21. The molecule has 0 spiro atoms. The summed E-state index contributed by atoms with van der Waals surface area (Å²) in [6.07, 6.45) is 0.351. The highest BCUT2D eigenvalue weighted by Gasteiger charge is 2.22. The van der Waals surface area contributed by atoms with Crippen molar-refractivity contribution < 1.29 is 14.3 Å². The van der Waals surface area contributed by atoms with Crippen molar-refractivity contribution in [3.8, 4) is 5.75 Å². The Hall–Kier alpha value is -2.82. The Morgan fingerprint density at radius 1 is 1.08 bits per heavy atom. The minimum atomic E-state index is -0.614. The molecule has 0 radical (unpaired) electrons. The van der Waals surface area contributed by atoms with Gasteiger partial charge in [-0.1, -0.05) is 30.3 Å². The van der Waals surface area contributed by atoms with Crippen LogP contribution in [0.15, 0.2) is 54.6 Å². The Balaban J connectivity index is 2.01. The van der Waals surface area contributed by atoms with Crippen molar-refractivity contribution in [2.75, 3.05) is 4.90 Å². The molecule has 0 aliphatic rings. The van der Waals surface area contributed by atoms with E-state index in [2.05, 4.69) is 0 Å². The Labute approximate surface area is 142 Å². The monoisotopic (exact) mass is 326 g/mol. The van der Waals surface area contributed by atoms with Crippen LogP contribution in [0.2, 0.25) is 0 Å². The van der Waals surface area contributed by atoms with Gasteiger partial charge in [0.05, 0.1) is 12.0 Å². The summed E-state index contributed by atoms with van der Waals surface area (Å²) < 4.78 is 11.0. The molecule has 1 N–H and O–H groups in total. The van der Waals surface area contributed by atoms with Crippen molar-refractivity contribution in [2.24, 2.45) is 0 Å². The first-order chi connectivity index (χ1) is 11.4. The van der Waals surface area contributed by atoms with Crippen molar-refractivity contribution in [3.05, 3.63) is 60.2 Å². The van der Waals surface area contributed by atoms with Crippen molar-refractivity contribution in [1.29, 1.82) is 5.41 Å². The molecular formula is C19H22N2O3. The summed E-state index contributed by atoms with van der Waals surface area (Å²) in [5.41, 5.74) is 1.01. The molecular weight excluding hydrogens is 304 g/mol. The van der Waals surface area contributed by atoms with Gasteiger partial charge in [-0.05, 0) is 50.6 Å². The van der Waals surface area contributed by atoms with E-state index < -0.39 is 11.7 Å². The van der Waals surface area contributed by atoms with Gasteiger partial charge in [-0.25, -0.2) is 9.69 Å². The molecule has 0 saturated heterocycles. The number of hydrogen-bond donors (Lipinski definition) is 1. The minimum Gasteiger partial charge on any atom is -0.489 e. The smallest absolute Gasteiger partial charge is 0.420 e. The van der Waals surface area contributed by atoms with Crippen LogP contribution in [0.4, 0.5) is 10.5 Å². The number of ether oxygens (including phenoxy) is 2. The Morgan fingerprint density at radius 2 is 1.71 bits per heavy atom. The second-order valence-electron chi connectivity index (χ2n) is 6.25. The van der Waals surface area contributed by atoms with E-state index in [0.717, 1.165) is 16.8 Å². The molecule has 0 heterocycles. The van der Waals surface area contributed by atoms with Gasteiger partial charge in [0.15, 0.2) is 0 Å². The van der Waals surface area contributed by atoms with E-state index in [0.29, 0.717) is 18.0 Å².